The fourth-order valence-corrected chi connectivity index (χ4v) is 3.11. The topological polar surface area (TPSA) is 49.9 Å². The first-order chi connectivity index (χ1) is 11.8. The molecule has 1 aromatic rings. The molecule has 0 aromatic heterocycles. The van der Waals surface area contributed by atoms with E-state index in [0.29, 0.717) is 19.5 Å². The van der Waals surface area contributed by atoms with Crippen molar-refractivity contribution in [3.05, 3.63) is 30.3 Å². The molecule has 25 heavy (non-hydrogen) atoms. The van der Waals surface area contributed by atoms with Gasteiger partial charge in [0.15, 0.2) is 0 Å². The summed E-state index contributed by atoms with van der Waals surface area (Å²) in [5, 5.41) is 0. The molecular formula is C20H30N2O3. The normalized spacial score (nSPS) is 17.9. The smallest absolute Gasteiger partial charge is 0.410 e. The quantitative estimate of drug-likeness (QED) is 0.825. The number of rotatable bonds is 4. The number of anilines is 1. The first kappa shape index (κ1) is 19.3. The molecule has 138 valence electrons. The molecular weight excluding hydrogens is 316 g/mol. The van der Waals surface area contributed by atoms with E-state index in [1.54, 1.807) is 4.90 Å². The van der Waals surface area contributed by atoms with Gasteiger partial charge in [-0.15, -0.1) is 0 Å². The average Bonchev–Trinajstić information content (AvgIpc) is 2.58. The molecule has 5 nitrogen and oxygen atoms in total. The number of piperidine rings is 1. The highest BCUT2D eigenvalue weighted by molar-refractivity contribution is 5.93. The number of carbonyl (C=O) groups is 2. The van der Waals surface area contributed by atoms with Gasteiger partial charge in [-0.1, -0.05) is 25.1 Å². The predicted octanol–water partition coefficient (Wildman–Crippen LogP) is 4.08. The standard InChI is InChI=1S/C20H30N2O3/c1-5-18(23)22(17-11-7-6-8-12-17)15-16-10-9-13-21(14-16)19(24)25-20(2,3)4/h6-8,11-12,16H,5,9-10,13-15H2,1-4H3. The van der Waals surface area contributed by atoms with Gasteiger partial charge in [-0.05, 0) is 51.7 Å². The molecule has 2 rings (SSSR count). The van der Waals surface area contributed by atoms with Crippen LogP contribution in [0.3, 0.4) is 0 Å². The first-order valence-corrected chi connectivity index (χ1v) is 9.13. The molecule has 1 fully saturated rings. The van der Waals surface area contributed by atoms with Crippen LogP contribution >= 0.6 is 0 Å². The minimum absolute atomic E-state index is 0.112. The number of nitrogens with zero attached hydrogens (tertiary/aromatic N) is 2. The number of carbonyl (C=O) groups excluding carboxylic acids is 2. The molecule has 5 heteroatoms. The van der Waals surface area contributed by atoms with E-state index < -0.39 is 5.60 Å². The molecule has 0 N–H and O–H groups in total. The number of amides is 2. The van der Waals surface area contributed by atoms with Crippen molar-refractivity contribution in [3.63, 3.8) is 0 Å². The molecule has 1 aromatic carbocycles. The number of para-hydroxylation sites is 1. The lowest BCUT2D eigenvalue weighted by atomic mass is 9.97. The highest BCUT2D eigenvalue weighted by Gasteiger charge is 2.29. The largest absolute Gasteiger partial charge is 0.444 e. The summed E-state index contributed by atoms with van der Waals surface area (Å²) in [5.41, 5.74) is 0.432. The van der Waals surface area contributed by atoms with Gasteiger partial charge >= 0.3 is 6.09 Å². The second-order valence-corrected chi connectivity index (χ2v) is 7.63. The second kappa shape index (κ2) is 8.37. The summed E-state index contributed by atoms with van der Waals surface area (Å²) >= 11 is 0. The maximum atomic E-state index is 12.4. The number of hydrogen-bond acceptors (Lipinski definition) is 3. The molecule has 0 aliphatic carbocycles. The number of likely N-dealkylation sites (tertiary alicyclic amines) is 1. The van der Waals surface area contributed by atoms with E-state index in [2.05, 4.69) is 0 Å². The van der Waals surface area contributed by atoms with Gasteiger partial charge in [-0.2, -0.15) is 0 Å². The maximum absolute atomic E-state index is 12.4. The van der Waals surface area contributed by atoms with Crippen LogP contribution in [0.4, 0.5) is 10.5 Å². The minimum Gasteiger partial charge on any atom is -0.444 e. The first-order valence-electron chi connectivity index (χ1n) is 9.13. The zero-order chi connectivity index (χ0) is 18.4. The number of benzene rings is 1. The van der Waals surface area contributed by atoms with Crippen LogP contribution in [0, 0.1) is 5.92 Å². The third-order valence-electron chi connectivity index (χ3n) is 4.28. The summed E-state index contributed by atoms with van der Waals surface area (Å²) in [7, 11) is 0. The number of ether oxygens (including phenoxy) is 1. The Morgan fingerprint density at radius 2 is 1.92 bits per heavy atom. The fourth-order valence-electron chi connectivity index (χ4n) is 3.11. The summed E-state index contributed by atoms with van der Waals surface area (Å²) in [6, 6.07) is 9.76. The van der Waals surface area contributed by atoms with Crippen molar-refractivity contribution in [1.82, 2.24) is 4.90 Å². The summed E-state index contributed by atoms with van der Waals surface area (Å²) in [4.78, 5) is 28.4. The monoisotopic (exact) mass is 346 g/mol. The van der Waals surface area contributed by atoms with Gasteiger partial charge in [0.25, 0.3) is 0 Å². The zero-order valence-electron chi connectivity index (χ0n) is 15.8. The Bertz CT molecular complexity index is 580. The lowest BCUT2D eigenvalue weighted by molar-refractivity contribution is -0.118. The van der Waals surface area contributed by atoms with Crippen molar-refractivity contribution in [2.45, 2.75) is 52.6 Å². The van der Waals surface area contributed by atoms with Crippen LogP contribution < -0.4 is 4.90 Å². The Balaban J connectivity index is 2.04. The SMILES string of the molecule is CCC(=O)N(CC1CCCN(C(=O)OC(C)(C)C)C1)c1ccccc1. The Labute approximate surface area is 150 Å². The number of hydrogen-bond donors (Lipinski definition) is 0. The van der Waals surface area contributed by atoms with E-state index in [1.807, 2.05) is 62.9 Å². The van der Waals surface area contributed by atoms with Gasteiger partial charge in [0, 0.05) is 31.7 Å². The predicted molar refractivity (Wildman–Crippen MR) is 99.6 cm³/mol. The molecule has 0 spiro atoms. The lowest BCUT2D eigenvalue weighted by Gasteiger charge is -2.36. The Morgan fingerprint density at radius 3 is 2.52 bits per heavy atom. The fraction of sp³-hybridized carbons (Fsp3) is 0.600. The van der Waals surface area contributed by atoms with Crippen LogP contribution in [0.15, 0.2) is 30.3 Å². The highest BCUT2D eigenvalue weighted by Crippen LogP contribution is 2.23. The van der Waals surface area contributed by atoms with Gasteiger partial charge in [0.05, 0.1) is 0 Å². The zero-order valence-corrected chi connectivity index (χ0v) is 15.8. The van der Waals surface area contributed by atoms with Gasteiger partial charge < -0.3 is 14.5 Å². The van der Waals surface area contributed by atoms with Crippen molar-refractivity contribution in [1.29, 1.82) is 0 Å². The minimum atomic E-state index is -0.488. The van der Waals surface area contributed by atoms with Crippen molar-refractivity contribution >= 4 is 17.7 Å². The highest BCUT2D eigenvalue weighted by atomic mass is 16.6. The van der Waals surface area contributed by atoms with Crippen LogP contribution in [0.5, 0.6) is 0 Å². The van der Waals surface area contributed by atoms with Crippen LogP contribution in [-0.4, -0.2) is 42.1 Å². The molecule has 1 aliphatic rings. The summed E-state index contributed by atoms with van der Waals surface area (Å²) in [6.07, 6.45) is 2.16. The summed E-state index contributed by atoms with van der Waals surface area (Å²) < 4.78 is 5.49. The molecule has 1 saturated heterocycles. The third kappa shape index (κ3) is 5.76. The molecule has 1 aliphatic heterocycles. The van der Waals surface area contributed by atoms with Crippen molar-refractivity contribution < 1.29 is 14.3 Å². The summed E-state index contributed by atoms with van der Waals surface area (Å²) in [5.74, 6) is 0.373. The van der Waals surface area contributed by atoms with Gasteiger partial charge in [0.1, 0.15) is 5.60 Å². The lowest BCUT2D eigenvalue weighted by Crippen LogP contribution is -2.46. The summed E-state index contributed by atoms with van der Waals surface area (Å²) in [6.45, 7) is 9.51. The van der Waals surface area contributed by atoms with E-state index in [1.165, 1.54) is 0 Å². The third-order valence-corrected chi connectivity index (χ3v) is 4.28. The molecule has 1 unspecified atom stereocenters. The Kier molecular flexibility index (Phi) is 6.45. The van der Waals surface area contributed by atoms with Gasteiger partial charge in [0.2, 0.25) is 5.91 Å². The molecule has 1 atom stereocenters. The van der Waals surface area contributed by atoms with Crippen molar-refractivity contribution in [2.75, 3.05) is 24.5 Å². The van der Waals surface area contributed by atoms with E-state index in [0.717, 1.165) is 25.1 Å². The van der Waals surface area contributed by atoms with Crippen LogP contribution in [0.2, 0.25) is 0 Å². The van der Waals surface area contributed by atoms with Crippen molar-refractivity contribution in [3.8, 4) is 0 Å². The molecule has 0 bridgehead atoms. The maximum Gasteiger partial charge on any atom is 0.410 e. The van der Waals surface area contributed by atoms with E-state index in [9.17, 15) is 9.59 Å². The van der Waals surface area contributed by atoms with Gasteiger partial charge in [-0.3, -0.25) is 4.79 Å². The molecule has 1 heterocycles. The van der Waals surface area contributed by atoms with Crippen LogP contribution in [-0.2, 0) is 9.53 Å². The van der Waals surface area contributed by atoms with E-state index in [4.69, 9.17) is 4.74 Å². The van der Waals surface area contributed by atoms with Gasteiger partial charge in [-0.25, -0.2) is 4.79 Å². The second-order valence-electron chi connectivity index (χ2n) is 7.63. The molecule has 0 saturated carbocycles. The molecule has 2 amide bonds. The van der Waals surface area contributed by atoms with E-state index >= 15 is 0 Å². The molecule has 0 radical (unpaired) electrons. The Hall–Kier alpha value is -2.04. The van der Waals surface area contributed by atoms with Crippen molar-refractivity contribution in [2.24, 2.45) is 5.92 Å². The van der Waals surface area contributed by atoms with Crippen LogP contribution in [0.1, 0.15) is 47.0 Å². The average molecular weight is 346 g/mol. The van der Waals surface area contributed by atoms with E-state index in [-0.39, 0.29) is 17.9 Å². The Morgan fingerprint density at radius 1 is 1.24 bits per heavy atom. The van der Waals surface area contributed by atoms with Crippen LogP contribution in [0.25, 0.3) is 0 Å².